The van der Waals surface area contributed by atoms with Gasteiger partial charge in [-0.3, -0.25) is 10.0 Å². The van der Waals surface area contributed by atoms with Crippen LogP contribution in [0.1, 0.15) is 49.7 Å². The second-order valence-corrected chi connectivity index (χ2v) is 11.2. The van der Waals surface area contributed by atoms with Gasteiger partial charge in [-0.05, 0) is 96.3 Å². The van der Waals surface area contributed by atoms with Gasteiger partial charge >= 0.3 is 6.03 Å². The number of carbonyl (C=O) groups is 1. The molecule has 36 heavy (non-hydrogen) atoms. The number of hydrogen-bond acceptors (Lipinski definition) is 4. The van der Waals surface area contributed by atoms with Crippen LogP contribution in [0.4, 0.5) is 16.2 Å². The number of fused-ring (bicyclic) bond motifs is 2. The molecule has 0 atom stereocenters. The highest BCUT2D eigenvalue weighted by Gasteiger charge is 2.46. The summed E-state index contributed by atoms with van der Waals surface area (Å²) in [7, 11) is 0. The number of anilines is 2. The van der Waals surface area contributed by atoms with Crippen molar-refractivity contribution in [3.05, 3.63) is 77.9 Å². The molecule has 0 aromatic heterocycles. The lowest BCUT2D eigenvalue weighted by Gasteiger charge is -2.25. The third-order valence-electron chi connectivity index (χ3n) is 8.28. The van der Waals surface area contributed by atoms with E-state index in [9.17, 15) is 4.79 Å². The molecular weight excluding hydrogens is 464 g/mol. The first-order chi connectivity index (χ1) is 17.6. The van der Waals surface area contributed by atoms with E-state index in [1.165, 1.54) is 60.0 Å². The maximum absolute atomic E-state index is 13.4. The largest absolute Gasteiger partial charge is 0.372 e. The number of rotatable bonds is 5. The Morgan fingerprint density at radius 2 is 1.67 bits per heavy atom. The zero-order valence-corrected chi connectivity index (χ0v) is 21.5. The van der Waals surface area contributed by atoms with Crippen LogP contribution < -0.4 is 20.3 Å². The SMILES string of the molecule is NSc1ccc(CNC(=O)N2CC3(CCCC3)c3cc(-c4cccc(N5CCCC5)c4)ccc32)cc1. The maximum Gasteiger partial charge on any atom is 0.322 e. The van der Waals surface area contributed by atoms with Crippen LogP contribution in [0, 0.1) is 0 Å². The number of nitrogens with two attached hydrogens (primary N) is 1. The minimum absolute atomic E-state index is 0.0129. The summed E-state index contributed by atoms with van der Waals surface area (Å²) < 4.78 is 0. The molecule has 3 aromatic rings. The van der Waals surface area contributed by atoms with Gasteiger partial charge in [0.2, 0.25) is 0 Å². The number of benzene rings is 3. The van der Waals surface area contributed by atoms with Crippen LogP contribution in [-0.4, -0.2) is 25.7 Å². The Morgan fingerprint density at radius 1 is 0.917 bits per heavy atom. The monoisotopic (exact) mass is 498 g/mol. The molecular formula is C30H34N4OS. The molecule has 5 nitrogen and oxygen atoms in total. The molecule has 3 N–H and O–H groups in total. The Bertz CT molecular complexity index is 1250. The van der Waals surface area contributed by atoms with Gasteiger partial charge < -0.3 is 10.2 Å². The fourth-order valence-corrected chi connectivity index (χ4v) is 6.62. The van der Waals surface area contributed by atoms with Crippen molar-refractivity contribution in [1.29, 1.82) is 0 Å². The van der Waals surface area contributed by atoms with E-state index in [4.69, 9.17) is 5.14 Å². The van der Waals surface area contributed by atoms with Crippen molar-refractivity contribution >= 4 is 29.4 Å². The highest BCUT2D eigenvalue weighted by atomic mass is 32.2. The first-order valence-electron chi connectivity index (χ1n) is 13.2. The van der Waals surface area contributed by atoms with E-state index in [0.717, 1.165) is 48.6 Å². The Hall–Kier alpha value is -2.96. The number of carbonyl (C=O) groups excluding carboxylic acids is 1. The Morgan fingerprint density at radius 3 is 2.42 bits per heavy atom. The van der Waals surface area contributed by atoms with Gasteiger partial charge in [0.15, 0.2) is 0 Å². The first kappa shape index (κ1) is 23.4. The number of nitrogens with zero attached hydrogens (tertiary/aromatic N) is 2. The van der Waals surface area contributed by atoms with E-state index in [2.05, 4.69) is 52.7 Å². The summed E-state index contributed by atoms with van der Waals surface area (Å²) in [6, 6.07) is 23.7. The minimum atomic E-state index is -0.0129. The Balaban J connectivity index is 1.26. The van der Waals surface area contributed by atoms with Crippen molar-refractivity contribution in [2.75, 3.05) is 29.4 Å². The molecule has 1 spiro atoms. The van der Waals surface area contributed by atoms with Gasteiger partial charge in [0.25, 0.3) is 0 Å². The van der Waals surface area contributed by atoms with Gasteiger partial charge in [0.05, 0.1) is 0 Å². The van der Waals surface area contributed by atoms with Crippen molar-refractivity contribution < 1.29 is 4.79 Å². The molecule has 0 bridgehead atoms. The molecule has 2 fully saturated rings. The average Bonchev–Trinajstić information content (AvgIpc) is 3.69. The van der Waals surface area contributed by atoms with Gasteiger partial charge in [-0.25, -0.2) is 4.79 Å². The predicted octanol–water partition coefficient (Wildman–Crippen LogP) is 6.46. The van der Waals surface area contributed by atoms with Crippen molar-refractivity contribution in [2.45, 2.75) is 55.4 Å². The van der Waals surface area contributed by atoms with Gasteiger partial charge in [-0.2, -0.15) is 0 Å². The lowest BCUT2D eigenvalue weighted by Crippen LogP contribution is -2.41. The molecule has 2 amide bonds. The Kier molecular flexibility index (Phi) is 6.40. The summed E-state index contributed by atoms with van der Waals surface area (Å²) in [5, 5.41) is 8.78. The molecule has 1 aliphatic carbocycles. The maximum atomic E-state index is 13.4. The summed E-state index contributed by atoms with van der Waals surface area (Å²) in [4.78, 5) is 18.9. The molecule has 186 valence electrons. The van der Waals surface area contributed by atoms with Crippen molar-refractivity contribution in [1.82, 2.24) is 5.32 Å². The van der Waals surface area contributed by atoms with Gasteiger partial charge in [0, 0.05) is 47.9 Å². The predicted molar refractivity (Wildman–Crippen MR) is 150 cm³/mol. The van der Waals surface area contributed by atoms with Crippen LogP contribution >= 0.6 is 11.9 Å². The topological polar surface area (TPSA) is 61.6 Å². The van der Waals surface area contributed by atoms with E-state index in [-0.39, 0.29) is 11.4 Å². The summed E-state index contributed by atoms with van der Waals surface area (Å²) in [6.07, 6.45) is 7.33. The van der Waals surface area contributed by atoms with Crippen molar-refractivity contribution in [3.8, 4) is 11.1 Å². The molecule has 2 heterocycles. The molecule has 1 saturated heterocycles. The molecule has 2 aliphatic heterocycles. The van der Waals surface area contributed by atoms with Gasteiger partial charge in [-0.1, -0.05) is 43.2 Å². The number of nitrogens with one attached hydrogen (secondary N) is 1. The van der Waals surface area contributed by atoms with E-state index in [0.29, 0.717) is 6.54 Å². The van der Waals surface area contributed by atoms with Crippen molar-refractivity contribution in [2.24, 2.45) is 5.14 Å². The van der Waals surface area contributed by atoms with E-state index in [1.54, 1.807) is 0 Å². The molecule has 6 rings (SSSR count). The summed E-state index contributed by atoms with van der Waals surface area (Å²) in [5.74, 6) is 0. The quantitative estimate of drug-likeness (QED) is 0.396. The smallest absolute Gasteiger partial charge is 0.322 e. The Labute approximate surface area is 218 Å². The molecule has 0 radical (unpaired) electrons. The van der Waals surface area contributed by atoms with Crippen LogP contribution in [0.3, 0.4) is 0 Å². The molecule has 3 aromatic carbocycles. The normalized spacial score (nSPS) is 18.1. The average molecular weight is 499 g/mol. The zero-order valence-electron chi connectivity index (χ0n) is 20.7. The molecule has 0 unspecified atom stereocenters. The standard InChI is InChI=1S/C30H34N4OS/c31-36-26-11-8-22(9-12-26)20-32-29(35)34-21-30(14-1-2-15-30)27-19-24(10-13-28(27)34)23-6-5-7-25(18-23)33-16-3-4-17-33/h5-13,18-19H,1-4,14-17,20-21,31H2,(H,32,35). The van der Waals surface area contributed by atoms with Gasteiger partial charge in [-0.15, -0.1) is 0 Å². The van der Waals surface area contributed by atoms with Crippen molar-refractivity contribution in [3.63, 3.8) is 0 Å². The van der Waals surface area contributed by atoms with Gasteiger partial charge in [0.1, 0.15) is 0 Å². The van der Waals surface area contributed by atoms with E-state index in [1.807, 2.05) is 29.2 Å². The summed E-state index contributed by atoms with van der Waals surface area (Å²) in [5.41, 5.74) is 7.41. The fourth-order valence-electron chi connectivity index (χ4n) is 6.33. The highest BCUT2D eigenvalue weighted by Crippen LogP contribution is 2.51. The minimum Gasteiger partial charge on any atom is -0.372 e. The zero-order chi connectivity index (χ0) is 24.5. The van der Waals surface area contributed by atoms with Crippen LogP contribution in [0.5, 0.6) is 0 Å². The third kappa shape index (κ3) is 4.37. The molecule has 1 saturated carbocycles. The fraction of sp³-hybridized carbons (Fsp3) is 0.367. The molecule has 6 heteroatoms. The van der Waals surface area contributed by atoms with Crippen LogP contribution in [-0.2, 0) is 12.0 Å². The van der Waals surface area contributed by atoms with Crippen LogP contribution in [0.25, 0.3) is 11.1 Å². The summed E-state index contributed by atoms with van der Waals surface area (Å²) in [6.45, 7) is 3.58. The van der Waals surface area contributed by atoms with E-state index < -0.39 is 0 Å². The first-order valence-corrected chi connectivity index (χ1v) is 14.0. The highest BCUT2D eigenvalue weighted by molar-refractivity contribution is 7.97. The van der Waals surface area contributed by atoms with E-state index >= 15 is 0 Å². The lowest BCUT2D eigenvalue weighted by molar-refractivity contribution is 0.245. The summed E-state index contributed by atoms with van der Waals surface area (Å²) >= 11 is 1.23. The number of urea groups is 1. The molecule has 3 aliphatic rings. The van der Waals surface area contributed by atoms with Crippen LogP contribution in [0.15, 0.2) is 71.6 Å². The number of hydrogen-bond donors (Lipinski definition) is 2. The lowest BCUT2D eigenvalue weighted by atomic mass is 9.80. The second kappa shape index (κ2) is 9.83. The van der Waals surface area contributed by atoms with Crippen LogP contribution in [0.2, 0.25) is 0 Å². The second-order valence-electron chi connectivity index (χ2n) is 10.5. The number of amides is 2. The third-order valence-corrected chi connectivity index (χ3v) is 8.82.